The lowest BCUT2D eigenvalue weighted by Gasteiger charge is -2.38. The minimum absolute atomic E-state index is 0.176. The third kappa shape index (κ3) is 7.09. The number of carbonyl (C=O) groups excluding carboxylic acids is 1. The van der Waals surface area contributed by atoms with Crippen LogP contribution >= 0.6 is 0 Å². The fourth-order valence-electron chi connectivity index (χ4n) is 4.38. The summed E-state index contributed by atoms with van der Waals surface area (Å²) in [5, 5.41) is 1.76. The number of nitrogens with two attached hydrogens (primary N) is 1. The molecule has 36 heavy (non-hydrogen) atoms. The van der Waals surface area contributed by atoms with E-state index in [2.05, 4.69) is 30.7 Å². The summed E-state index contributed by atoms with van der Waals surface area (Å²) in [7, 11) is 0. The van der Waals surface area contributed by atoms with Crippen molar-refractivity contribution in [2.75, 3.05) is 18.1 Å². The van der Waals surface area contributed by atoms with E-state index in [0.717, 1.165) is 25.0 Å². The number of fused-ring (bicyclic) bond motifs is 1. The van der Waals surface area contributed by atoms with Crippen molar-refractivity contribution in [1.82, 2.24) is 9.97 Å². The molecule has 1 amide bonds. The van der Waals surface area contributed by atoms with Gasteiger partial charge in [0.05, 0.1) is 36.9 Å². The van der Waals surface area contributed by atoms with Crippen LogP contribution in [0.2, 0.25) is 0 Å². The van der Waals surface area contributed by atoms with Crippen LogP contribution in [0.15, 0.2) is 30.6 Å². The fraction of sp³-hybridized carbons (Fsp3) is 0.577. The van der Waals surface area contributed by atoms with Crippen molar-refractivity contribution in [2.45, 2.75) is 78.6 Å². The number of carbonyl (C=O) groups is 1. The van der Waals surface area contributed by atoms with Gasteiger partial charge in [0, 0.05) is 18.0 Å². The highest BCUT2D eigenvalue weighted by Gasteiger charge is 2.41. The molecule has 2 aromatic rings. The Morgan fingerprint density at radius 1 is 1.17 bits per heavy atom. The minimum atomic E-state index is -4.50. The van der Waals surface area contributed by atoms with Gasteiger partial charge in [0.15, 0.2) is 5.75 Å². The first-order chi connectivity index (χ1) is 16.9. The number of rotatable bonds is 8. The highest BCUT2D eigenvalue weighted by Crippen LogP contribution is 2.41. The molecule has 2 heterocycles. The molecule has 0 unspecified atom stereocenters. The molecule has 0 saturated carbocycles. The maximum atomic E-state index is 13.5. The predicted octanol–water partition coefficient (Wildman–Crippen LogP) is 5.78. The van der Waals surface area contributed by atoms with E-state index in [1.54, 1.807) is 24.6 Å². The first-order valence-electron chi connectivity index (χ1n) is 12.4. The summed E-state index contributed by atoms with van der Waals surface area (Å²) < 4.78 is 51.5. The summed E-state index contributed by atoms with van der Waals surface area (Å²) in [5.41, 5.74) is 0.284. The van der Waals surface area contributed by atoms with Gasteiger partial charge in [-0.3, -0.25) is 10.2 Å². The molecular weight excluding hydrogens is 473 g/mol. The van der Waals surface area contributed by atoms with Gasteiger partial charge in [-0.2, -0.15) is 23.1 Å². The van der Waals surface area contributed by atoms with Crippen molar-refractivity contribution in [3.63, 3.8) is 0 Å². The average Bonchev–Trinajstić information content (AvgIpc) is 2.81. The van der Waals surface area contributed by atoms with E-state index < -0.39 is 23.9 Å². The third-order valence-corrected chi connectivity index (χ3v) is 6.18. The molecular formula is C26H36F3N4O3+. The number of halogens is 3. The van der Waals surface area contributed by atoms with Crippen LogP contribution in [-0.4, -0.2) is 35.3 Å². The van der Waals surface area contributed by atoms with Gasteiger partial charge in [-0.25, -0.2) is 4.79 Å². The number of quaternary nitrogens is 1. The first kappa shape index (κ1) is 27.7. The van der Waals surface area contributed by atoms with E-state index in [4.69, 9.17) is 9.47 Å². The van der Waals surface area contributed by atoms with Crippen LogP contribution in [0.4, 0.5) is 29.6 Å². The maximum absolute atomic E-state index is 13.5. The number of amides is 1. The van der Waals surface area contributed by atoms with Crippen molar-refractivity contribution >= 4 is 17.7 Å². The first-order valence-corrected chi connectivity index (χ1v) is 12.4. The van der Waals surface area contributed by atoms with Gasteiger partial charge >= 0.3 is 18.2 Å². The molecule has 2 N–H and O–H groups in total. The van der Waals surface area contributed by atoms with Crippen LogP contribution < -0.4 is 15.0 Å². The van der Waals surface area contributed by atoms with Gasteiger partial charge in [0.25, 0.3) is 0 Å². The molecule has 2 atom stereocenters. The SMILES string of the molecule is CCOC(=O)N1c2ccc(C(F)(F)F)cc2[C@@H]([NH2+]c2ncc(OCCCC(C)(C)C)cn2)C[C@H]1CC. The lowest BCUT2D eigenvalue weighted by atomic mass is 9.89. The number of benzene rings is 1. The zero-order chi connectivity index (χ0) is 26.5. The van der Waals surface area contributed by atoms with Crippen LogP contribution in [0, 0.1) is 5.41 Å². The quantitative estimate of drug-likeness (QED) is 0.456. The van der Waals surface area contributed by atoms with E-state index in [1.807, 2.05) is 6.92 Å². The van der Waals surface area contributed by atoms with E-state index >= 15 is 0 Å². The molecule has 0 radical (unpaired) electrons. The van der Waals surface area contributed by atoms with E-state index in [9.17, 15) is 18.0 Å². The van der Waals surface area contributed by atoms with Gasteiger partial charge < -0.3 is 9.47 Å². The molecule has 1 aliphatic heterocycles. The Morgan fingerprint density at radius 2 is 1.86 bits per heavy atom. The molecule has 0 aliphatic carbocycles. The molecule has 0 fully saturated rings. The topological polar surface area (TPSA) is 81.2 Å². The van der Waals surface area contributed by atoms with Crippen LogP contribution in [0.3, 0.4) is 0 Å². The van der Waals surface area contributed by atoms with E-state index in [1.165, 1.54) is 11.0 Å². The van der Waals surface area contributed by atoms with Gasteiger partial charge in [-0.15, -0.1) is 0 Å². The van der Waals surface area contributed by atoms with Crippen LogP contribution in [0.5, 0.6) is 5.75 Å². The molecule has 7 nitrogen and oxygen atoms in total. The molecule has 1 aliphatic rings. The summed E-state index contributed by atoms with van der Waals surface area (Å²) in [6.07, 6.45) is 1.08. The van der Waals surface area contributed by atoms with Gasteiger partial charge in [-0.1, -0.05) is 27.7 Å². The van der Waals surface area contributed by atoms with Crippen molar-refractivity contribution in [3.05, 3.63) is 41.7 Å². The Labute approximate surface area is 210 Å². The van der Waals surface area contributed by atoms with Crippen LogP contribution in [0.25, 0.3) is 0 Å². The molecule has 1 aromatic carbocycles. The Balaban J connectivity index is 1.82. The van der Waals surface area contributed by atoms with Crippen LogP contribution in [0.1, 0.15) is 77.5 Å². The second-order valence-electron chi connectivity index (χ2n) is 10.2. The molecule has 1 aromatic heterocycles. The third-order valence-electron chi connectivity index (χ3n) is 6.18. The lowest BCUT2D eigenvalue weighted by molar-refractivity contribution is -0.626. The highest BCUT2D eigenvalue weighted by molar-refractivity contribution is 5.90. The molecule has 0 bridgehead atoms. The summed E-state index contributed by atoms with van der Waals surface area (Å²) in [5.74, 6) is 0.939. The summed E-state index contributed by atoms with van der Waals surface area (Å²) in [6.45, 7) is 10.9. The van der Waals surface area contributed by atoms with E-state index in [0.29, 0.717) is 42.4 Å². The second-order valence-corrected chi connectivity index (χ2v) is 10.2. The monoisotopic (exact) mass is 509 g/mol. The molecule has 198 valence electrons. The Hall–Kier alpha value is -2.88. The zero-order valence-corrected chi connectivity index (χ0v) is 21.6. The largest absolute Gasteiger partial charge is 0.490 e. The molecule has 0 saturated heterocycles. The Bertz CT molecular complexity index is 1020. The number of ether oxygens (including phenoxy) is 2. The van der Waals surface area contributed by atoms with Crippen molar-refractivity contribution < 1.29 is 32.8 Å². The van der Waals surface area contributed by atoms with Crippen molar-refractivity contribution in [1.29, 1.82) is 0 Å². The number of nitrogens with zero attached hydrogens (tertiary/aromatic N) is 3. The van der Waals surface area contributed by atoms with Gasteiger partial charge in [-0.05, 0) is 49.8 Å². The predicted molar refractivity (Wildman–Crippen MR) is 130 cm³/mol. The number of aromatic nitrogens is 2. The zero-order valence-electron chi connectivity index (χ0n) is 21.6. The summed E-state index contributed by atoms with van der Waals surface area (Å²) >= 11 is 0. The number of hydrogen-bond acceptors (Lipinski definition) is 5. The normalized spacial score (nSPS) is 18.1. The standard InChI is InChI=1S/C26H35F3N4O3/c1-6-18-14-21(32-23-30-15-19(16-31-23)36-12-8-11-25(3,4)5)20-13-17(26(27,28)29)9-10-22(20)33(18)24(34)35-7-2/h9-10,13,15-16,18,21H,6-8,11-12,14H2,1-5H3,(H,30,31,32)/p+1/t18-,21+/m1/s1. The molecule has 10 heteroatoms. The summed E-state index contributed by atoms with van der Waals surface area (Å²) in [6, 6.07) is 2.83. The minimum Gasteiger partial charge on any atom is -0.490 e. The van der Waals surface area contributed by atoms with E-state index in [-0.39, 0.29) is 18.1 Å². The van der Waals surface area contributed by atoms with Crippen LogP contribution in [-0.2, 0) is 10.9 Å². The number of anilines is 1. The van der Waals surface area contributed by atoms with Gasteiger partial charge in [0.1, 0.15) is 6.04 Å². The molecule has 0 spiro atoms. The number of alkyl halides is 3. The highest BCUT2D eigenvalue weighted by atomic mass is 19.4. The molecule has 3 rings (SSSR count). The van der Waals surface area contributed by atoms with Crippen molar-refractivity contribution in [3.8, 4) is 5.75 Å². The number of hydrogen-bond donors (Lipinski definition) is 1. The second kappa shape index (κ2) is 11.5. The smallest absolute Gasteiger partial charge is 0.416 e. The summed E-state index contributed by atoms with van der Waals surface area (Å²) in [4.78, 5) is 22.9. The Morgan fingerprint density at radius 3 is 2.44 bits per heavy atom. The van der Waals surface area contributed by atoms with Gasteiger partial charge in [0.2, 0.25) is 0 Å². The average molecular weight is 510 g/mol. The lowest BCUT2D eigenvalue weighted by Crippen LogP contribution is -2.81. The Kier molecular flexibility index (Phi) is 8.81. The fourth-order valence-corrected chi connectivity index (χ4v) is 4.38. The maximum Gasteiger partial charge on any atom is 0.416 e. The van der Waals surface area contributed by atoms with Crippen molar-refractivity contribution in [2.24, 2.45) is 5.41 Å².